The highest BCUT2D eigenvalue weighted by Gasteiger charge is 2.23. The van der Waals surface area contributed by atoms with E-state index in [4.69, 9.17) is 5.73 Å². The molecule has 1 aromatic carbocycles. The van der Waals surface area contributed by atoms with E-state index in [-0.39, 0.29) is 5.82 Å². The summed E-state index contributed by atoms with van der Waals surface area (Å²) in [6, 6.07) is 4.86. The fourth-order valence-electron chi connectivity index (χ4n) is 2.37. The third-order valence-corrected chi connectivity index (χ3v) is 3.47. The van der Waals surface area contributed by atoms with Crippen LogP contribution in [0.5, 0.6) is 0 Å². The van der Waals surface area contributed by atoms with Crippen LogP contribution in [-0.2, 0) is 13.0 Å². The molecule has 4 nitrogen and oxygen atoms in total. The van der Waals surface area contributed by atoms with Crippen LogP contribution < -0.4 is 10.6 Å². The number of halogens is 1. The van der Waals surface area contributed by atoms with Crippen molar-refractivity contribution in [1.82, 2.24) is 9.97 Å². The lowest BCUT2D eigenvalue weighted by Gasteiger charge is -2.18. The van der Waals surface area contributed by atoms with Crippen LogP contribution in [0.1, 0.15) is 16.8 Å². The lowest BCUT2D eigenvalue weighted by Crippen LogP contribution is -2.17. The minimum absolute atomic E-state index is 0.235. The summed E-state index contributed by atoms with van der Waals surface area (Å²) in [6.07, 6.45) is 2.63. The molecule has 0 saturated heterocycles. The predicted octanol–water partition coefficient (Wildman–Crippen LogP) is 2.08. The maximum absolute atomic E-state index is 13.4. The maximum Gasteiger partial charge on any atom is 0.230 e. The fraction of sp³-hybridized carbons (Fsp3) is 0.286. The third-order valence-electron chi connectivity index (χ3n) is 3.47. The number of rotatable bonds is 2. The van der Waals surface area contributed by atoms with Crippen molar-refractivity contribution in [3.8, 4) is 0 Å². The number of aromatic nitrogens is 2. The van der Waals surface area contributed by atoms with E-state index in [2.05, 4.69) is 9.97 Å². The third kappa shape index (κ3) is 2.06. The van der Waals surface area contributed by atoms with Gasteiger partial charge in [0.15, 0.2) is 0 Å². The van der Waals surface area contributed by atoms with E-state index in [0.717, 1.165) is 35.5 Å². The summed E-state index contributed by atoms with van der Waals surface area (Å²) >= 11 is 0. The lowest BCUT2D eigenvalue weighted by molar-refractivity contribution is 0.628. The Balaban J connectivity index is 2.01. The van der Waals surface area contributed by atoms with Crippen LogP contribution in [0.4, 0.5) is 16.0 Å². The number of hydrogen-bond donors (Lipinski definition) is 1. The Labute approximate surface area is 111 Å². The summed E-state index contributed by atoms with van der Waals surface area (Å²) in [6.45, 7) is 3.12. The van der Waals surface area contributed by atoms with E-state index in [1.54, 1.807) is 6.20 Å². The number of fused-ring (bicyclic) bond motifs is 1. The molecule has 0 fully saturated rings. The second kappa shape index (κ2) is 4.59. The second-order valence-corrected chi connectivity index (χ2v) is 4.66. The Bertz CT molecular complexity index is 627. The van der Waals surface area contributed by atoms with Gasteiger partial charge in [-0.05, 0) is 31.0 Å². The molecule has 2 aromatic rings. The second-order valence-electron chi connectivity index (χ2n) is 4.66. The molecule has 0 aliphatic carbocycles. The Hall–Kier alpha value is -2.01. The molecule has 0 unspecified atom stereocenters. The Morgan fingerprint density at radius 2 is 2.26 bits per heavy atom. The normalized spacial score (nSPS) is 13.7. The minimum Gasteiger partial charge on any atom is -0.326 e. The Morgan fingerprint density at radius 1 is 1.42 bits per heavy atom. The number of anilines is 2. The molecule has 1 aliphatic rings. The summed E-state index contributed by atoms with van der Waals surface area (Å²) < 4.78 is 13.4. The van der Waals surface area contributed by atoms with Gasteiger partial charge in [0.1, 0.15) is 5.82 Å². The van der Waals surface area contributed by atoms with Gasteiger partial charge in [0, 0.05) is 30.5 Å². The lowest BCUT2D eigenvalue weighted by atomic mass is 10.2. The van der Waals surface area contributed by atoms with Crippen molar-refractivity contribution in [2.45, 2.75) is 19.9 Å². The average Bonchev–Trinajstić information content (AvgIpc) is 2.81. The van der Waals surface area contributed by atoms with Crippen molar-refractivity contribution in [3.05, 3.63) is 47.0 Å². The van der Waals surface area contributed by atoms with Crippen LogP contribution in [0, 0.1) is 12.7 Å². The molecule has 0 spiro atoms. The first-order valence-corrected chi connectivity index (χ1v) is 6.27. The summed E-state index contributed by atoms with van der Waals surface area (Å²) in [7, 11) is 0. The highest BCUT2D eigenvalue weighted by molar-refractivity contribution is 5.65. The van der Waals surface area contributed by atoms with Gasteiger partial charge in [0.25, 0.3) is 0 Å². The van der Waals surface area contributed by atoms with Crippen LogP contribution >= 0.6 is 0 Å². The molecule has 19 heavy (non-hydrogen) atoms. The highest BCUT2D eigenvalue weighted by Crippen LogP contribution is 2.33. The molecule has 3 rings (SSSR count). The largest absolute Gasteiger partial charge is 0.326 e. The number of aryl methyl sites for hydroxylation is 1. The molecule has 2 N–H and O–H groups in total. The Morgan fingerprint density at radius 3 is 3.00 bits per heavy atom. The van der Waals surface area contributed by atoms with Gasteiger partial charge < -0.3 is 10.6 Å². The van der Waals surface area contributed by atoms with E-state index in [0.29, 0.717) is 12.5 Å². The SMILES string of the molecule is Cc1nc(N2CCc3ccc(F)cc32)ncc1CN. The van der Waals surface area contributed by atoms with Crippen molar-refractivity contribution >= 4 is 11.6 Å². The van der Waals surface area contributed by atoms with E-state index in [1.165, 1.54) is 12.1 Å². The summed E-state index contributed by atoms with van der Waals surface area (Å²) in [5, 5.41) is 0. The molecule has 1 aliphatic heterocycles. The molecule has 5 heteroatoms. The van der Waals surface area contributed by atoms with Gasteiger partial charge >= 0.3 is 0 Å². The van der Waals surface area contributed by atoms with Crippen molar-refractivity contribution < 1.29 is 4.39 Å². The standard InChI is InChI=1S/C14H15FN4/c1-9-11(7-16)8-17-14(18-9)19-5-4-10-2-3-12(15)6-13(10)19/h2-3,6,8H,4-5,7,16H2,1H3. The predicted molar refractivity (Wildman–Crippen MR) is 71.8 cm³/mol. The van der Waals surface area contributed by atoms with Gasteiger partial charge in [-0.25, -0.2) is 14.4 Å². The van der Waals surface area contributed by atoms with Gasteiger partial charge in [0.05, 0.1) is 5.69 Å². The average molecular weight is 258 g/mol. The number of benzene rings is 1. The molecule has 2 heterocycles. The van der Waals surface area contributed by atoms with Crippen molar-refractivity contribution in [2.24, 2.45) is 5.73 Å². The van der Waals surface area contributed by atoms with Crippen LogP contribution in [0.2, 0.25) is 0 Å². The summed E-state index contributed by atoms with van der Waals surface area (Å²) in [4.78, 5) is 10.8. The van der Waals surface area contributed by atoms with Crippen LogP contribution in [-0.4, -0.2) is 16.5 Å². The topological polar surface area (TPSA) is 55.0 Å². The highest BCUT2D eigenvalue weighted by atomic mass is 19.1. The molecule has 0 saturated carbocycles. The molecule has 0 radical (unpaired) electrons. The minimum atomic E-state index is -0.235. The van der Waals surface area contributed by atoms with E-state index in [9.17, 15) is 4.39 Å². The number of hydrogen-bond acceptors (Lipinski definition) is 4. The zero-order valence-electron chi connectivity index (χ0n) is 10.7. The van der Waals surface area contributed by atoms with Crippen molar-refractivity contribution in [1.29, 1.82) is 0 Å². The summed E-state index contributed by atoms with van der Waals surface area (Å²) in [5.41, 5.74) is 9.40. The van der Waals surface area contributed by atoms with Gasteiger partial charge in [-0.1, -0.05) is 6.07 Å². The zero-order valence-corrected chi connectivity index (χ0v) is 10.7. The first kappa shape index (κ1) is 12.0. The zero-order chi connectivity index (χ0) is 13.4. The number of nitrogens with zero attached hydrogens (tertiary/aromatic N) is 3. The van der Waals surface area contributed by atoms with Crippen LogP contribution in [0.25, 0.3) is 0 Å². The molecule has 0 atom stereocenters. The van der Waals surface area contributed by atoms with E-state index >= 15 is 0 Å². The van der Waals surface area contributed by atoms with Gasteiger partial charge in [-0.3, -0.25) is 0 Å². The Kier molecular flexibility index (Phi) is 2.91. The van der Waals surface area contributed by atoms with Crippen molar-refractivity contribution in [2.75, 3.05) is 11.4 Å². The van der Waals surface area contributed by atoms with Crippen LogP contribution in [0.15, 0.2) is 24.4 Å². The van der Waals surface area contributed by atoms with Gasteiger partial charge in [0.2, 0.25) is 5.95 Å². The fourth-order valence-corrected chi connectivity index (χ4v) is 2.37. The first-order chi connectivity index (χ1) is 9.19. The van der Waals surface area contributed by atoms with Crippen molar-refractivity contribution in [3.63, 3.8) is 0 Å². The van der Waals surface area contributed by atoms with E-state index in [1.807, 2.05) is 17.9 Å². The first-order valence-electron chi connectivity index (χ1n) is 6.27. The quantitative estimate of drug-likeness (QED) is 0.896. The van der Waals surface area contributed by atoms with Gasteiger partial charge in [-0.2, -0.15) is 0 Å². The molecular formula is C14H15FN4. The summed E-state index contributed by atoms with van der Waals surface area (Å²) in [5.74, 6) is 0.375. The maximum atomic E-state index is 13.4. The molecule has 0 bridgehead atoms. The molecular weight excluding hydrogens is 243 g/mol. The van der Waals surface area contributed by atoms with E-state index < -0.39 is 0 Å². The van der Waals surface area contributed by atoms with Gasteiger partial charge in [-0.15, -0.1) is 0 Å². The molecule has 0 amide bonds. The molecule has 98 valence electrons. The molecule has 1 aromatic heterocycles. The monoisotopic (exact) mass is 258 g/mol. The smallest absolute Gasteiger partial charge is 0.230 e. The van der Waals surface area contributed by atoms with Crippen LogP contribution in [0.3, 0.4) is 0 Å². The number of nitrogens with two attached hydrogens (primary N) is 1.